The second-order valence-corrected chi connectivity index (χ2v) is 8.75. The molecule has 0 spiro atoms. The zero-order valence-corrected chi connectivity index (χ0v) is 16.7. The minimum atomic E-state index is -3.37. The van der Waals surface area contributed by atoms with Gasteiger partial charge in [0, 0.05) is 35.9 Å². The summed E-state index contributed by atoms with van der Waals surface area (Å²) in [7, 11) is -3.37. The number of rotatable bonds is 5. The Morgan fingerprint density at radius 1 is 1.03 bits per heavy atom. The molecule has 2 N–H and O–H groups in total. The van der Waals surface area contributed by atoms with Gasteiger partial charge in [0.2, 0.25) is 10.0 Å². The normalized spacial score (nSPS) is 15.0. The molecule has 0 atom stereocenters. The van der Waals surface area contributed by atoms with Crippen molar-refractivity contribution in [2.75, 3.05) is 24.1 Å². The number of anilines is 1. The maximum atomic E-state index is 13.3. The first kappa shape index (κ1) is 20.8. The maximum absolute atomic E-state index is 13.3. The monoisotopic (exact) mass is 419 g/mol. The Balaban J connectivity index is 1.52. The van der Waals surface area contributed by atoms with Crippen LogP contribution in [0.5, 0.6) is 0 Å². The first-order valence-corrected chi connectivity index (χ1v) is 11.0. The van der Waals surface area contributed by atoms with Crippen LogP contribution in [0.15, 0.2) is 48.5 Å². The summed E-state index contributed by atoms with van der Waals surface area (Å²) in [5.74, 6) is -0.926. The number of carbonyl (C=O) groups excluding carboxylic acids is 2. The highest BCUT2D eigenvalue weighted by Gasteiger charge is 2.25. The van der Waals surface area contributed by atoms with Gasteiger partial charge in [-0.2, -0.15) is 0 Å². The van der Waals surface area contributed by atoms with Crippen molar-refractivity contribution in [1.82, 2.24) is 10.2 Å². The van der Waals surface area contributed by atoms with Crippen molar-refractivity contribution in [1.29, 1.82) is 0 Å². The van der Waals surface area contributed by atoms with Gasteiger partial charge in [0.1, 0.15) is 5.82 Å². The fourth-order valence-corrected chi connectivity index (χ4v) is 3.77. The number of sulfonamides is 1. The molecule has 1 fully saturated rings. The summed E-state index contributed by atoms with van der Waals surface area (Å²) in [6, 6.07) is 11.7. The first-order chi connectivity index (χ1) is 13.7. The Morgan fingerprint density at radius 3 is 2.28 bits per heavy atom. The van der Waals surface area contributed by atoms with E-state index >= 15 is 0 Å². The number of nitrogens with one attached hydrogen (secondary N) is 2. The van der Waals surface area contributed by atoms with Crippen LogP contribution in [0, 0.1) is 5.82 Å². The van der Waals surface area contributed by atoms with Crippen LogP contribution in [0.4, 0.5) is 10.1 Å². The molecule has 1 heterocycles. The van der Waals surface area contributed by atoms with Gasteiger partial charge >= 0.3 is 0 Å². The van der Waals surface area contributed by atoms with E-state index in [1.54, 1.807) is 23.1 Å². The van der Waals surface area contributed by atoms with Crippen LogP contribution in [0.1, 0.15) is 33.6 Å². The smallest absolute Gasteiger partial charge is 0.253 e. The largest absolute Gasteiger partial charge is 0.349 e. The number of nitrogens with zero attached hydrogens (tertiary/aromatic N) is 1. The van der Waals surface area contributed by atoms with Crippen LogP contribution in [0.3, 0.4) is 0 Å². The fraction of sp³-hybridized carbons (Fsp3) is 0.300. The number of benzene rings is 2. The van der Waals surface area contributed by atoms with Crippen molar-refractivity contribution in [2.45, 2.75) is 18.9 Å². The number of carbonyl (C=O) groups is 2. The van der Waals surface area contributed by atoms with Crippen LogP contribution in [-0.4, -0.2) is 50.5 Å². The van der Waals surface area contributed by atoms with Crippen molar-refractivity contribution < 1.29 is 22.4 Å². The van der Waals surface area contributed by atoms with E-state index in [2.05, 4.69) is 10.0 Å². The van der Waals surface area contributed by atoms with E-state index in [-0.39, 0.29) is 17.9 Å². The second kappa shape index (κ2) is 8.60. The molecule has 0 radical (unpaired) electrons. The fourth-order valence-electron chi connectivity index (χ4n) is 3.20. The van der Waals surface area contributed by atoms with Crippen LogP contribution in [0.2, 0.25) is 0 Å². The van der Waals surface area contributed by atoms with Crippen molar-refractivity contribution in [3.8, 4) is 0 Å². The first-order valence-electron chi connectivity index (χ1n) is 9.15. The molecule has 0 bridgehead atoms. The number of halogens is 1. The van der Waals surface area contributed by atoms with Crippen molar-refractivity contribution in [3.63, 3.8) is 0 Å². The molecule has 2 aromatic carbocycles. The third-order valence-corrected chi connectivity index (χ3v) is 5.25. The lowest BCUT2D eigenvalue weighted by Crippen LogP contribution is -2.46. The van der Waals surface area contributed by atoms with Gasteiger partial charge in [-0.15, -0.1) is 0 Å². The topological polar surface area (TPSA) is 95.6 Å². The average molecular weight is 419 g/mol. The minimum Gasteiger partial charge on any atom is -0.349 e. The van der Waals surface area contributed by atoms with Gasteiger partial charge in [-0.1, -0.05) is 6.07 Å². The van der Waals surface area contributed by atoms with Gasteiger partial charge in [0.25, 0.3) is 11.8 Å². The summed E-state index contributed by atoms with van der Waals surface area (Å²) in [6.45, 7) is 0.940. The van der Waals surface area contributed by atoms with E-state index in [9.17, 15) is 22.4 Å². The zero-order valence-electron chi connectivity index (χ0n) is 15.9. The number of likely N-dealkylation sites (tertiary alicyclic amines) is 1. The van der Waals surface area contributed by atoms with Gasteiger partial charge in [-0.05, 0) is 55.3 Å². The van der Waals surface area contributed by atoms with Crippen molar-refractivity contribution in [3.05, 3.63) is 65.5 Å². The molecular weight excluding hydrogens is 397 g/mol. The van der Waals surface area contributed by atoms with E-state index in [0.717, 1.165) is 6.26 Å². The lowest BCUT2D eigenvalue weighted by atomic mass is 10.0. The van der Waals surface area contributed by atoms with Crippen molar-refractivity contribution >= 4 is 27.5 Å². The lowest BCUT2D eigenvalue weighted by molar-refractivity contribution is 0.0697. The standard InChI is InChI=1S/C20H22FN3O4S/c1-29(27,28)23-18-7-5-14(6-8-18)19(25)22-17-9-11-24(12-10-17)20(26)15-3-2-4-16(21)13-15/h2-8,13,17,23H,9-12H2,1H3,(H,22,25). The average Bonchev–Trinajstić information content (AvgIpc) is 2.67. The van der Waals surface area contributed by atoms with Gasteiger partial charge in [-0.3, -0.25) is 14.3 Å². The molecule has 0 unspecified atom stereocenters. The van der Waals surface area contributed by atoms with Gasteiger partial charge in [-0.25, -0.2) is 12.8 Å². The number of hydrogen-bond acceptors (Lipinski definition) is 4. The summed E-state index contributed by atoms with van der Waals surface area (Å²) in [6.07, 6.45) is 2.25. The number of piperidine rings is 1. The Hall–Kier alpha value is -2.94. The highest BCUT2D eigenvalue weighted by molar-refractivity contribution is 7.92. The van der Waals surface area contributed by atoms with Crippen LogP contribution in [0.25, 0.3) is 0 Å². The number of hydrogen-bond donors (Lipinski definition) is 2. The highest BCUT2D eigenvalue weighted by atomic mass is 32.2. The summed E-state index contributed by atoms with van der Waals surface area (Å²) in [4.78, 5) is 26.5. The molecule has 154 valence electrons. The van der Waals surface area contributed by atoms with Gasteiger partial charge in [0.05, 0.1) is 6.26 Å². The highest BCUT2D eigenvalue weighted by Crippen LogP contribution is 2.16. The van der Waals surface area contributed by atoms with E-state index in [4.69, 9.17) is 0 Å². The molecule has 9 heteroatoms. The Morgan fingerprint density at radius 2 is 1.69 bits per heavy atom. The predicted octanol–water partition coefficient (Wildman–Crippen LogP) is 2.23. The molecule has 1 aliphatic rings. The molecule has 0 saturated carbocycles. The van der Waals surface area contributed by atoms with E-state index in [1.807, 2.05) is 0 Å². The summed E-state index contributed by atoms with van der Waals surface area (Å²) in [5, 5.41) is 2.94. The predicted molar refractivity (Wildman–Crippen MR) is 108 cm³/mol. The van der Waals surface area contributed by atoms with Crippen LogP contribution in [-0.2, 0) is 10.0 Å². The van der Waals surface area contributed by atoms with Crippen molar-refractivity contribution in [2.24, 2.45) is 0 Å². The van der Waals surface area contributed by atoms with E-state index in [1.165, 1.54) is 30.3 Å². The van der Waals surface area contributed by atoms with Crippen LogP contribution < -0.4 is 10.0 Å². The summed E-state index contributed by atoms with van der Waals surface area (Å²) in [5.41, 5.74) is 1.12. The zero-order chi connectivity index (χ0) is 21.0. The molecule has 1 aliphatic heterocycles. The van der Waals surface area contributed by atoms with E-state index < -0.39 is 15.8 Å². The summed E-state index contributed by atoms with van der Waals surface area (Å²) < 4.78 is 38.1. The summed E-state index contributed by atoms with van der Waals surface area (Å²) >= 11 is 0. The third kappa shape index (κ3) is 5.77. The third-order valence-electron chi connectivity index (χ3n) is 4.64. The molecule has 2 amide bonds. The molecule has 0 aliphatic carbocycles. The molecule has 1 saturated heterocycles. The maximum Gasteiger partial charge on any atom is 0.253 e. The Labute approximate surface area is 169 Å². The molecule has 2 aromatic rings. The van der Waals surface area contributed by atoms with E-state index in [0.29, 0.717) is 42.7 Å². The van der Waals surface area contributed by atoms with Gasteiger partial charge < -0.3 is 10.2 Å². The quantitative estimate of drug-likeness (QED) is 0.777. The SMILES string of the molecule is CS(=O)(=O)Nc1ccc(C(=O)NC2CCN(C(=O)c3cccc(F)c3)CC2)cc1. The number of amides is 2. The molecule has 3 rings (SSSR count). The Kier molecular flexibility index (Phi) is 6.17. The molecular formula is C20H22FN3O4S. The molecule has 7 nitrogen and oxygen atoms in total. The Bertz CT molecular complexity index is 1000. The second-order valence-electron chi connectivity index (χ2n) is 7.00. The minimum absolute atomic E-state index is 0.0760. The van der Waals surface area contributed by atoms with Gasteiger partial charge in [0.15, 0.2) is 0 Å². The van der Waals surface area contributed by atoms with Crippen LogP contribution >= 0.6 is 0 Å². The molecule has 29 heavy (non-hydrogen) atoms. The molecule has 0 aromatic heterocycles. The lowest BCUT2D eigenvalue weighted by Gasteiger charge is -2.32.